The molecule has 0 heterocycles. The molecule has 8 heteroatoms. The van der Waals surface area contributed by atoms with Gasteiger partial charge < -0.3 is 10.4 Å². The van der Waals surface area contributed by atoms with Crippen LogP contribution >= 0.6 is 0 Å². The third-order valence-corrected chi connectivity index (χ3v) is 3.64. The summed E-state index contributed by atoms with van der Waals surface area (Å²) in [4.78, 5) is 21.5. The van der Waals surface area contributed by atoms with E-state index in [2.05, 4.69) is 10.0 Å². The quantitative estimate of drug-likeness (QED) is 0.701. The molecule has 0 spiro atoms. The van der Waals surface area contributed by atoms with E-state index in [4.69, 9.17) is 5.11 Å². The van der Waals surface area contributed by atoms with Crippen molar-refractivity contribution in [3.8, 4) is 0 Å². The molecule has 3 N–H and O–H groups in total. The number of hydrogen-bond donors (Lipinski definition) is 3. The van der Waals surface area contributed by atoms with E-state index in [1.54, 1.807) is 19.1 Å². The fourth-order valence-corrected chi connectivity index (χ4v) is 2.36. The van der Waals surface area contributed by atoms with E-state index in [0.717, 1.165) is 0 Å². The predicted octanol–water partition coefficient (Wildman–Crippen LogP) is 1.25. The lowest BCUT2D eigenvalue weighted by molar-refractivity contribution is -0.136. The van der Waals surface area contributed by atoms with Gasteiger partial charge in [0.1, 0.15) is 0 Å². The first kappa shape index (κ1) is 16.0. The highest BCUT2D eigenvalue weighted by Crippen LogP contribution is 2.15. The molecule has 0 atom stereocenters. The summed E-state index contributed by atoms with van der Waals surface area (Å²) in [7, 11) is -3.69. The summed E-state index contributed by atoms with van der Waals surface area (Å²) < 4.78 is 25.4. The zero-order valence-electron chi connectivity index (χ0n) is 10.9. The van der Waals surface area contributed by atoms with Crippen LogP contribution in [0.5, 0.6) is 0 Å². The third kappa shape index (κ3) is 5.70. The summed E-state index contributed by atoms with van der Waals surface area (Å²) >= 11 is 0. The van der Waals surface area contributed by atoms with Crippen LogP contribution in [0.1, 0.15) is 19.8 Å². The van der Waals surface area contributed by atoms with Gasteiger partial charge in [-0.1, -0.05) is 6.92 Å². The molecule has 0 aromatic heterocycles. The number of hydrogen-bond acceptors (Lipinski definition) is 4. The second-order valence-electron chi connectivity index (χ2n) is 4.04. The average Bonchev–Trinajstić information content (AvgIpc) is 2.38. The number of nitrogens with one attached hydrogen (secondary N) is 2. The monoisotopic (exact) mass is 300 g/mol. The minimum absolute atomic E-state index is 0.139. The number of aliphatic carboxylic acids is 1. The maximum absolute atomic E-state index is 11.6. The number of carboxylic acids is 1. The summed E-state index contributed by atoms with van der Waals surface area (Å²) in [5.74, 6) is -1.80. The minimum atomic E-state index is -3.69. The molecule has 0 aliphatic rings. The van der Waals surface area contributed by atoms with Gasteiger partial charge in [-0.3, -0.25) is 14.3 Å². The van der Waals surface area contributed by atoms with Gasteiger partial charge in [-0.05, 0) is 24.3 Å². The van der Waals surface area contributed by atoms with Crippen LogP contribution in [0.3, 0.4) is 0 Å². The summed E-state index contributed by atoms with van der Waals surface area (Å²) in [5, 5.41) is 11.1. The van der Waals surface area contributed by atoms with Crippen molar-refractivity contribution in [2.24, 2.45) is 0 Å². The molecule has 0 aliphatic carbocycles. The fraction of sp³-hybridized carbons (Fsp3) is 0.333. The van der Waals surface area contributed by atoms with Crippen molar-refractivity contribution < 1.29 is 23.1 Å². The van der Waals surface area contributed by atoms with Crippen molar-refractivity contribution in [2.45, 2.75) is 19.8 Å². The highest BCUT2D eigenvalue weighted by molar-refractivity contribution is 7.92. The molecular formula is C12H16N2O5S. The largest absolute Gasteiger partial charge is 0.481 e. The van der Waals surface area contributed by atoms with Crippen molar-refractivity contribution >= 4 is 33.3 Å². The van der Waals surface area contributed by atoms with E-state index in [9.17, 15) is 18.0 Å². The Morgan fingerprint density at radius 1 is 1.15 bits per heavy atom. The second kappa shape index (κ2) is 6.90. The first-order valence-electron chi connectivity index (χ1n) is 5.94. The molecule has 7 nitrogen and oxygen atoms in total. The van der Waals surface area contributed by atoms with Crippen LogP contribution in [-0.4, -0.2) is 31.2 Å². The number of benzene rings is 1. The molecule has 20 heavy (non-hydrogen) atoms. The van der Waals surface area contributed by atoms with Crippen LogP contribution < -0.4 is 10.0 Å². The van der Waals surface area contributed by atoms with E-state index in [0.29, 0.717) is 17.8 Å². The first-order chi connectivity index (χ1) is 9.32. The Balaban J connectivity index is 2.65. The van der Waals surface area contributed by atoms with Gasteiger partial charge in [-0.2, -0.15) is 0 Å². The Kier molecular flexibility index (Phi) is 5.51. The van der Waals surface area contributed by atoms with Crippen molar-refractivity contribution in [2.75, 3.05) is 15.8 Å². The first-order valence-corrected chi connectivity index (χ1v) is 7.60. The molecule has 0 saturated carbocycles. The molecule has 0 bridgehead atoms. The van der Waals surface area contributed by atoms with E-state index in [1.807, 2.05) is 0 Å². The fourth-order valence-electron chi connectivity index (χ4n) is 1.32. The molecule has 0 unspecified atom stereocenters. The van der Waals surface area contributed by atoms with Crippen molar-refractivity contribution in [1.29, 1.82) is 0 Å². The number of carbonyl (C=O) groups excluding carboxylic acids is 1. The van der Waals surface area contributed by atoms with Crippen molar-refractivity contribution in [3.05, 3.63) is 24.3 Å². The van der Waals surface area contributed by atoms with Gasteiger partial charge >= 0.3 is 5.97 Å². The molecule has 0 aliphatic heterocycles. The molecule has 1 aromatic rings. The SMILES string of the molecule is CCC(=O)Nc1ccc(NS(=O)(=O)CCC(=O)O)cc1. The van der Waals surface area contributed by atoms with Crippen LogP contribution in [0, 0.1) is 0 Å². The molecule has 1 aromatic carbocycles. The Hall–Kier alpha value is -2.09. The normalized spacial score (nSPS) is 10.8. The van der Waals surface area contributed by atoms with E-state index >= 15 is 0 Å². The van der Waals surface area contributed by atoms with Crippen LogP contribution in [0.2, 0.25) is 0 Å². The van der Waals surface area contributed by atoms with E-state index < -0.39 is 28.2 Å². The lowest BCUT2D eigenvalue weighted by Crippen LogP contribution is -2.18. The lowest BCUT2D eigenvalue weighted by atomic mass is 10.3. The summed E-state index contributed by atoms with van der Waals surface area (Å²) in [6.45, 7) is 1.72. The highest BCUT2D eigenvalue weighted by Gasteiger charge is 2.12. The summed E-state index contributed by atoms with van der Waals surface area (Å²) in [5.41, 5.74) is 0.871. The zero-order chi connectivity index (χ0) is 15.2. The van der Waals surface area contributed by atoms with E-state index in [-0.39, 0.29) is 5.91 Å². The van der Waals surface area contributed by atoms with Crippen LogP contribution in [0.4, 0.5) is 11.4 Å². The molecule has 1 rings (SSSR count). The van der Waals surface area contributed by atoms with Gasteiger partial charge in [0.2, 0.25) is 15.9 Å². The molecule has 0 fully saturated rings. The summed E-state index contributed by atoms with van der Waals surface area (Å²) in [6.07, 6.45) is -0.108. The summed E-state index contributed by atoms with van der Waals surface area (Å²) in [6, 6.07) is 6.10. The van der Waals surface area contributed by atoms with Gasteiger partial charge in [0.15, 0.2) is 0 Å². The number of carboxylic acid groups (broad SMARTS) is 1. The van der Waals surface area contributed by atoms with E-state index in [1.165, 1.54) is 12.1 Å². The number of anilines is 2. The molecule has 1 amide bonds. The Labute approximate surface area is 117 Å². The van der Waals surface area contributed by atoms with Crippen molar-refractivity contribution in [1.82, 2.24) is 0 Å². The number of amides is 1. The third-order valence-electron chi connectivity index (χ3n) is 2.35. The molecule has 110 valence electrons. The predicted molar refractivity (Wildman–Crippen MR) is 75.0 cm³/mol. The lowest BCUT2D eigenvalue weighted by Gasteiger charge is -2.08. The van der Waals surface area contributed by atoms with Gasteiger partial charge in [0, 0.05) is 17.8 Å². The highest BCUT2D eigenvalue weighted by atomic mass is 32.2. The Morgan fingerprint density at radius 2 is 1.70 bits per heavy atom. The topological polar surface area (TPSA) is 113 Å². The minimum Gasteiger partial charge on any atom is -0.481 e. The molecule has 0 saturated heterocycles. The van der Waals surface area contributed by atoms with Gasteiger partial charge in [0.25, 0.3) is 0 Å². The average molecular weight is 300 g/mol. The maximum atomic E-state index is 11.6. The Morgan fingerprint density at radius 3 is 2.20 bits per heavy atom. The van der Waals surface area contributed by atoms with Gasteiger partial charge in [-0.15, -0.1) is 0 Å². The molecular weight excluding hydrogens is 284 g/mol. The Bertz CT molecular complexity index is 580. The second-order valence-corrected chi connectivity index (χ2v) is 5.89. The number of carbonyl (C=O) groups is 2. The maximum Gasteiger partial charge on any atom is 0.304 e. The van der Waals surface area contributed by atoms with Crippen LogP contribution in [0.15, 0.2) is 24.3 Å². The van der Waals surface area contributed by atoms with Crippen LogP contribution in [0.25, 0.3) is 0 Å². The molecule has 0 radical (unpaired) electrons. The van der Waals surface area contributed by atoms with Crippen LogP contribution in [-0.2, 0) is 19.6 Å². The van der Waals surface area contributed by atoms with Gasteiger partial charge in [-0.25, -0.2) is 8.42 Å². The smallest absolute Gasteiger partial charge is 0.304 e. The van der Waals surface area contributed by atoms with Gasteiger partial charge in [0.05, 0.1) is 12.2 Å². The number of sulfonamides is 1. The number of rotatable bonds is 7. The van der Waals surface area contributed by atoms with Crippen molar-refractivity contribution in [3.63, 3.8) is 0 Å². The zero-order valence-corrected chi connectivity index (χ0v) is 11.7. The standard InChI is InChI=1S/C12H16N2O5S/c1-2-11(15)13-9-3-5-10(6-4-9)14-20(18,19)8-7-12(16)17/h3-6,14H,2,7-8H2,1H3,(H,13,15)(H,16,17).